The van der Waals surface area contributed by atoms with Gasteiger partial charge in [-0.05, 0) is 74.3 Å². The van der Waals surface area contributed by atoms with Crippen molar-refractivity contribution >= 4 is 27.3 Å². The molecule has 0 bridgehead atoms. The van der Waals surface area contributed by atoms with Gasteiger partial charge in [-0.1, -0.05) is 0 Å². The Morgan fingerprint density at radius 3 is 2.22 bits per heavy atom. The number of amides is 1. The smallest absolute Gasteiger partial charge is 0.243 e. The fourth-order valence-corrected chi connectivity index (χ4v) is 5.71. The molecule has 0 saturated carbocycles. The molecule has 2 heterocycles. The number of anilines is 2. The van der Waals surface area contributed by atoms with Gasteiger partial charge in [0.1, 0.15) is 5.82 Å². The quantitative estimate of drug-likeness (QED) is 0.718. The third-order valence-electron chi connectivity index (χ3n) is 5.99. The van der Waals surface area contributed by atoms with E-state index in [1.165, 1.54) is 35.0 Å². The summed E-state index contributed by atoms with van der Waals surface area (Å²) in [5.74, 6) is -0.587. The number of hydrogen-bond acceptors (Lipinski definition) is 5. The Morgan fingerprint density at radius 1 is 0.844 bits per heavy atom. The monoisotopic (exact) mass is 460 g/mol. The summed E-state index contributed by atoms with van der Waals surface area (Å²) in [7, 11) is -3.68. The van der Waals surface area contributed by atoms with Gasteiger partial charge in [-0.3, -0.25) is 9.69 Å². The van der Waals surface area contributed by atoms with Crippen LogP contribution in [0.15, 0.2) is 53.4 Å². The number of benzene rings is 2. The van der Waals surface area contributed by atoms with Crippen molar-refractivity contribution in [3.8, 4) is 0 Å². The molecular formula is C23H29FN4O3S. The first-order chi connectivity index (χ1) is 15.4. The SMILES string of the molecule is O=C(CN1CCCN(S(=O)(=O)c2ccc(F)cc2)CC1)Nc1ccc(N2CCCC2)cc1. The van der Waals surface area contributed by atoms with E-state index < -0.39 is 15.8 Å². The molecule has 2 aromatic carbocycles. The molecule has 1 N–H and O–H groups in total. The van der Waals surface area contributed by atoms with Gasteiger partial charge in [0.15, 0.2) is 0 Å². The van der Waals surface area contributed by atoms with Crippen molar-refractivity contribution in [2.75, 3.05) is 56.0 Å². The minimum absolute atomic E-state index is 0.0856. The maximum Gasteiger partial charge on any atom is 0.243 e. The molecule has 32 heavy (non-hydrogen) atoms. The van der Waals surface area contributed by atoms with Gasteiger partial charge in [0, 0.05) is 44.1 Å². The molecule has 0 spiro atoms. The maximum absolute atomic E-state index is 13.1. The number of nitrogens with one attached hydrogen (secondary N) is 1. The lowest BCUT2D eigenvalue weighted by Crippen LogP contribution is -2.38. The second-order valence-electron chi connectivity index (χ2n) is 8.28. The second-order valence-corrected chi connectivity index (χ2v) is 10.2. The van der Waals surface area contributed by atoms with E-state index in [0.717, 1.165) is 30.9 Å². The number of hydrogen-bond donors (Lipinski definition) is 1. The molecule has 7 nitrogen and oxygen atoms in total. The summed E-state index contributed by atoms with van der Waals surface area (Å²) in [6.45, 7) is 4.12. The fraction of sp³-hybridized carbons (Fsp3) is 0.435. The highest BCUT2D eigenvalue weighted by Gasteiger charge is 2.27. The van der Waals surface area contributed by atoms with E-state index in [4.69, 9.17) is 0 Å². The molecule has 0 aromatic heterocycles. The average Bonchev–Trinajstić information content (AvgIpc) is 3.21. The first-order valence-electron chi connectivity index (χ1n) is 11.0. The molecule has 0 unspecified atom stereocenters. The van der Waals surface area contributed by atoms with Crippen LogP contribution < -0.4 is 10.2 Å². The summed E-state index contributed by atoms with van der Waals surface area (Å²) >= 11 is 0. The van der Waals surface area contributed by atoms with E-state index in [1.54, 1.807) is 0 Å². The topological polar surface area (TPSA) is 73.0 Å². The van der Waals surface area contributed by atoms with Crippen molar-refractivity contribution in [3.05, 3.63) is 54.3 Å². The minimum Gasteiger partial charge on any atom is -0.372 e. The lowest BCUT2D eigenvalue weighted by molar-refractivity contribution is -0.117. The fourth-order valence-electron chi connectivity index (χ4n) is 4.24. The molecule has 0 atom stereocenters. The van der Waals surface area contributed by atoms with E-state index in [0.29, 0.717) is 26.1 Å². The molecule has 2 aromatic rings. The number of sulfonamides is 1. The van der Waals surface area contributed by atoms with Gasteiger partial charge >= 0.3 is 0 Å². The normalized spacial score (nSPS) is 18.5. The van der Waals surface area contributed by atoms with E-state index in [1.807, 2.05) is 29.2 Å². The Morgan fingerprint density at radius 2 is 1.53 bits per heavy atom. The molecule has 2 aliphatic rings. The van der Waals surface area contributed by atoms with Crippen LogP contribution in [0.4, 0.5) is 15.8 Å². The highest BCUT2D eigenvalue weighted by atomic mass is 32.2. The van der Waals surface area contributed by atoms with Gasteiger partial charge in [-0.25, -0.2) is 12.8 Å². The van der Waals surface area contributed by atoms with Crippen molar-refractivity contribution in [1.29, 1.82) is 0 Å². The van der Waals surface area contributed by atoms with Crippen LogP contribution in [0.25, 0.3) is 0 Å². The molecule has 1 amide bonds. The summed E-state index contributed by atoms with van der Waals surface area (Å²) < 4.78 is 40.3. The zero-order chi connectivity index (χ0) is 22.6. The first-order valence-corrected chi connectivity index (χ1v) is 12.5. The Bertz CT molecular complexity index is 1020. The van der Waals surface area contributed by atoms with Crippen molar-refractivity contribution < 1.29 is 17.6 Å². The van der Waals surface area contributed by atoms with Crippen molar-refractivity contribution in [3.63, 3.8) is 0 Å². The molecule has 0 radical (unpaired) electrons. The molecule has 2 saturated heterocycles. The van der Waals surface area contributed by atoms with Gasteiger partial charge in [0.25, 0.3) is 0 Å². The molecule has 0 aliphatic carbocycles. The van der Waals surface area contributed by atoms with Gasteiger partial charge in [0.05, 0.1) is 11.4 Å². The lowest BCUT2D eigenvalue weighted by atomic mass is 10.2. The third kappa shape index (κ3) is 5.46. The maximum atomic E-state index is 13.1. The Hall–Kier alpha value is -2.49. The third-order valence-corrected chi connectivity index (χ3v) is 7.90. The summed E-state index contributed by atoms with van der Waals surface area (Å²) in [5.41, 5.74) is 1.93. The van der Waals surface area contributed by atoms with Crippen LogP contribution in [0.1, 0.15) is 19.3 Å². The molecule has 2 fully saturated rings. The van der Waals surface area contributed by atoms with E-state index in [-0.39, 0.29) is 23.9 Å². The van der Waals surface area contributed by atoms with Gasteiger partial charge in [-0.15, -0.1) is 0 Å². The van der Waals surface area contributed by atoms with Gasteiger partial charge in [-0.2, -0.15) is 4.31 Å². The van der Waals surface area contributed by atoms with Crippen LogP contribution in [0.5, 0.6) is 0 Å². The van der Waals surface area contributed by atoms with Crippen molar-refractivity contribution in [2.45, 2.75) is 24.2 Å². The van der Waals surface area contributed by atoms with Crippen molar-refractivity contribution in [2.24, 2.45) is 0 Å². The zero-order valence-corrected chi connectivity index (χ0v) is 18.9. The predicted octanol–water partition coefficient (Wildman–Crippen LogP) is 2.76. The molecular weight excluding hydrogens is 431 g/mol. The zero-order valence-electron chi connectivity index (χ0n) is 18.0. The van der Waals surface area contributed by atoms with E-state index >= 15 is 0 Å². The van der Waals surface area contributed by atoms with Crippen LogP contribution in [0, 0.1) is 5.82 Å². The lowest BCUT2D eigenvalue weighted by Gasteiger charge is -2.21. The summed E-state index contributed by atoms with van der Waals surface area (Å²) in [5, 5.41) is 2.93. The molecule has 172 valence electrons. The highest BCUT2D eigenvalue weighted by Crippen LogP contribution is 2.22. The first kappa shape index (κ1) is 22.7. The summed E-state index contributed by atoms with van der Waals surface area (Å²) in [6, 6.07) is 12.8. The highest BCUT2D eigenvalue weighted by molar-refractivity contribution is 7.89. The standard InChI is InChI=1S/C23H29FN4O3S/c24-19-4-10-22(11-5-19)32(30,31)28-15-3-12-26(16-17-28)18-23(29)25-20-6-8-21(9-7-20)27-13-1-2-14-27/h4-11H,1-3,12-18H2,(H,25,29). The minimum atomic E-state index is -3.68. The molecule has 2 aliphatic heterocycles. The number of nitrogens with zero attached hydrogens (tertiary/aromatic N) is 3. The Kier molecular flexibility index (Phi) is 7.07. The summed E-state index contributed by atoms with van der Waals surface area (Å²) in [6.07, 6.45) is 3.06. The van der Waals surface area contributed by atoms with Crippen LogP contribution in [0.3, 0.4) is 0 Å². The van der Waals surface area contributed by atoms with Crippen LogP contribution in [-0.2, 0) is 14.8 Å². The van der Waals surface area contributed by atoms with E-state index in [9.17, 15) is 17.6 Å². The predicted molar refractivity (Wildman–Crippen MR) is 123 cm³/mol. The van der Waals surface area contributed by atoms with Crippen LogP contribution in [-0.4, -0.2) is 69.3 Å². The van der Waals surface area contributed by atoms with Gasteiger partial charge < -0.3 is 10.2 Å². The number of rotatable bonds is 6. The molecule has 4 rings (SSSR count). The van der Waals surface area contributed by atoms with Crippen LogP contribution in [0.2, 0.25) is 0 Å². The Balaban J connectivity index is 1.30. The summed E-state index contributed by atoms with van der Waals surface area (Å²) in [4.78, 5) is 16.9. The Labute approximate surface area is 188 Å². The largest absolute Gasteiger partial charge is 0.372 e. The second kappa shape index (κ2) is 9.97. The van der Waals surface area contributed by atoms with Gasteiger partial charge in [0.2, 0.25) is 15.9 Å². The number of carbonyl (C=O) groups is 1. The average molecular weight is 461 g/mol. The number of halogens is 1. The van der Waals surface area contributed by atoms with Crippen LogP contribution >= 0.6 is 0 Å². The molecule has 9 heteroatoms. The van der Waals surface area contributed by atoms with E-state index in [2.05, 4.69) is 10.2 Å². The van der Waals surface area contributed by atoms with Crippen molar-refractivity contribution in [1.82, 2.24) is 9.21 Å². The number of carbonyl (C=O) groups excluding carboxylic acids is 1.